The normalized spacial score (nSPS) is 11.4. The highest BCUT2D eigenvalue weighted by molar-refractivity contribution is 7.98. The van der Waals surface area contributed by atoms with Gasteiger partial charge in [-0.2, -0.15) is 0 Å². The molecule has 3 nitrogen and oxygen atoms in total. The van der Waals surface area contributed by atoms with Gasteiger partial charge in [-0.15, -0.1) is 0 Å². The van der Waals surface area contributed by atoms with E-state index in [2.05, 4.69) is 34.0 Å². The van der Waals surface area contributed by atoms with Crippen LogP contribution in [0.1, 0.15) is 0 Å². The third kappa shape index (κ3) is 2.52. The topological polar surface area (TPSA) is 21.1 Å². The van der Waals surface area contributed by atoms with Gasteiger partial charge >= 0.3 is 0 Å². The van der Waals surface area contributed by atoms with Crippen LogP contribution in [0.2, 0.25) is 0 Å². The minimum absolute atomic E-state index is 1.06. The smallest absolute Gasteiger partial charge is 0.106 e. The Morgan fingerprint density at radius 1 is 1.33 bits per heavy atom. The molecular weight excluding hydrogens is 206 g/mol. The van der Waals surface area contributed by atoms with Crippen LogP contribution in [0.25, 0.3) is 11.0 Å². The fourth-order valence-electron chi connectivity index (χ4n) is 1.36. The molecule has 1 aromatic heterocycles. The number of aromatic nitrogens is 2. The van der Waals surface area contributed by atoms with Crippen LogP contribution < -0.4 is 0 Å². The van der Waals surface area contributed by atoms with Gasteiger partial charge in [0.1, 0.15) is 6.33 Å². The van der Waals surface area contributed by atoms with Crippen molar-refractivity contribution in [3.63, 3.8) is 0 Å². The third-order valence-electron chi connectivity index (χ3n) is 2.19. The predicted molar refractivity (Wildman–Crippen MR) is 66.1 cm³/mol. The first kappa shape index (κ1) is 10.5. The van der Waals surface area contributed by atoms with Crippen LogP contribution in [0.5, 0.6) is 0 Å². The molecule has 0 spiro atoms. The second-order valence-corrected chi connectivity index (χ2v) is 4.76. The van der Waals surface area contributed by atoms with Crippen LogP contribution in [0.15, 0.2) is 30.6 Å². The van der Waals surface area contributed by atoms with Gasteiger partial charge < -0.3 is 4.90 Å². The number of rotatable bonds is 4. The molecule has 1 heterocycles. The monoisotopic (exact) mass is 221 g/mol. The first-order chi connectivity index (χ1) is 7.27. The predicted octanol–water partition coefficient (Wildman–Crippen LogP) is 2.09. The van der Waals surface area contributed by atoms with E-state index in [1.165, 1.54) is 5.52 Å². The standard InChI is InChI=1S/C11H15N3S/c1-13(2)7-8-15-14-9-12-10-5-3-4-6-11(10)14/h3-6,9H,7-8H2,1-2H3. The van der Waals surface area contributed by atoms with Gasteiger partial charge in [-0.05, 0) is 38.2 Å². The Morgan fingerprint density at radius 3 is 2.93 bits per heavy atom. The van der Waals surface area contributed by atoms with Gasteiger partial charge in [0.2, 0.25) is 0 Å². The van der Waals surface area contributed by atoms with E-state index in [1.807, 2.05) is 24.5 Å². The lowest BCUT2D eigenvalue weighted by atomic mass is 10.3. The molecule has 0 amide bonds. The van der Waals surface area contributed by atoms with Crippen LogP contribution in [0, 0.1) is 0 Å². The molecule has 0 aliphatic carbocycles. The van der Waals surface area contributed by atoms with E-state index in [0.717, 1.165) is 17.8 Å². The summed E-state index contributed by atoms with van der Waals surface area (Å²) in [6, 6.07) is 8.21. The molecule has 2 aromatic rings. The van der Waals surface area contributed by atoms with Gasteiger partial charge in [-0.25, -0.2) is 4.98 Å². The van der Waals surface area contributed by atoms with Crippen molar-refractivity contribution in [1.82, 2.24) is 13.9 Å². The first-order valence-electron chi connectivity index (χ1n) is 4.97. The number of para-hydroxylation sites is 2. The van der Waals surface area contributed by atoms with E-state index in [0.29, 0.717) is 0 Å². The summed E-state index contributed by atoms with van der Waals surface area (Å²) in [7, 11) is 4.18. The molecule has 0 aliphatic heterocycles. The Kier molecular flexibility index (Phi) is 3.28. The maximum Gasteiger partial charge on any atom is 0.106 e. The van der Waals surface area contributed by atoms with Gasteiger partial charge in [0.15, 0.2) is 0 Å². The SMILES string of the molecule is CN(C)CCSn1cnc2ccccc21. The summed E-state index contributed by atoms with van der Waals surface area (Å²) in [5.74, 6) is 1.08. The van der Waals surface area contributed by atoms with E-state index < -0.39 is 0 Å². The molecule has 4 heteroatoms. The molecule has 2 rings (SSSR count). The molecule has 1 aromatic carbocycles. The molecule has 0 bridgehead atoms. The number of benzene rings is 1. The molecule has 0 saturated carbocycles. The van der Waals surface area contributed by atoms with Crippen LogP contribution >= 0.6 is 11.9 Å². The lowest BCUT2D eigenvalue weighted by Gasteiger charge is -2.08. The minimum atomic E-state index is 1.06. The lowest BCUT2D eigenvalue weighted by molar-refractivity contribution is 0.437. The van der Waals surface area contributed by atoms with E-state index in [-0.39, 0.29) is 0 Å². The summed E-state index contributed by atoms with van der Waals surface area (Å²) in [5, 5.41) is 0. The molecule has 0 radical (unpaired) electrons. The van der Waals surface area contributed by atoms with E-state index >= 15 is 0 Å². The summed E-state index contributed by atoms with van der Waals surface area (Å²) < 4.78 is 2.14. The minimum Gasteiger partial charge on any atom is -0.309 e. The van der Waals surface area contributed by atoms with Crippen molar-refractivity contribution < 1.29 is 0 Å². The molecule has 0 aliphatic rings. The van der Waals surface area contributed by atoms with Crippen molar-refractivity contribution >= 4 is 23.0 Å². The largest absolute Gasteiger partial charge is 0.309 e. The molecule has 0 fully saturated rings. The van der Waals surface area contributed by atoms with Crippen LogP contribution in [0.4, 0.5) is 0 Å². The summed E-state index contributed by atoms with van der Waals surface area (Å²) in [6.45, 7) is 1.08. The Labute approximate surface area is 94.2 Å². The molecule has 0 unspecified atom stereocenters. The Hall–Kier alpha value is -1.00. The van der Waals surface area contributed by atoms with Crippen molar-refractivity contribution in [3.8, 4) is 0 Å². The number of hydrogen-bond donors (Lipinski definition) is 0. The number of imidazole rings is 1. The highest BCUT2D eigenvalue weighted by Crippen LogP contribution is 2.17. The Morgan fingerprint density at radius 2 is 2.13 bits per heavy atom. The van der Waals surface area contributed by atoms with Crippen molar-refractivity contribution in [2.75, 3.05) is 26.4 Å². The Balaban J connectivity index is 2.08. The lowest BCUT2D eigenvalue weighted by Crippen LogP contribution is -2.15. The number of fused-ring (bicyclic) bond motifs is 1. The van der Waals surface area contributed by atoms with E-state index in [9.17, 15) is 0 Å². The quantitative estimate of drug-likeness (QED) is 0.789. The highest BCUT2D eigenvalue weighted by atomic mass is 32.2. The number of hydrogen-bond acceptors (Lipinski definition) is 3. The average Bonchev–Trinajstić information content (AvgIpc) is 2.62. The van der Waals surface area contributed by atoms with Crippen LogP contribution in [-0.4, -0.2) is 40.2 Å². The van der Waals surface area contributed by atoms with Crippen molar-refractivity contribution in [2.24, 2.45) is 0 Å². The average molecular weight is 221 g/mol. The maximum atomic E-state index is 4.34. The van der Waals surface area contributed by atoms with E-state index in [4.69, 9.17) is 0 Å². The second kappa shape index (κ2) is 4.68. The molecule has 0 N–H and O–H groups in total. The second-order valence-electron chi connectivity index (χ2n) is 3.70. The maximum absolute atomic E-state index is 4.34. The van der Waals surface area contributed by atoms with Gasteiger partial charge in [0, 0.05) is 12.3 Å². The fraction of sp³-hybridized carbons (Fsp3) is 0.364. The molecule has 15 heavy (non-hydrogen) atoms. The first-order valence-corrected chi connectivity index (χ1v) is 5.92. The zero-order chi connectivity index (χ0) is 10.7. The van der Waals surface area contributed by atoms with E-state index in [1.54, 1.807) is 11.9 Å². The zero-order valence-electron chi connectivity index (χ0n) is 9.05. The van der Waals surface area contributed by atoms with Crippen molar-refractivity contribution in [3.05, 3.63) is 30.6 Å². The highest BCUT2D eigenvalue weighted by Gasteiger charge is 2.01. The summed E-state index contributed by atoms with van der Waals surface area (Å²) in [6.07, 6.45) is 1.89. The third-order valence-corrected chi connectivity index (χ3v) is 3.12. The molecule has 0 saturated heterocycles. The van der Waals surface area contributed by atoms with Crippen molar-refractivity contribution in [1.29, 1.82) is 0 Å². The molecule has 0 atom stereocenters. The zero-order valence-corrected chi connectivity index (χ0v) is 9.87. The van der Waals surface area contributed by atoms with Crippen LogP contribution in [-0.2, 0) is 0 Å². The van der Waals surface area contributed by atoms with Gasteiger partial charge in [0.25, 0.3) is 0 Å². The summed E-state index contributed by atoms with van der Waals surface area (Å²) >= 11 is 1.80. The number of nitrogens with zero attached hydrogens (tertiary/aromatic N) is 3. The van der Waals surface area contributed by atoms with Gasteiger partial charge in [-0.1, -0.05) is 12.1 Å². The fourth-order valence-corrected chi connectivity index (χ4v) is 2.41. The summed E-state index contributed by atoms with van der Waals surface area (Å²) in [4.78, 5) is 6.53. The molecule has 80 valence electrons. The van der Waals surface area contributed by atoms with Crippen molar-refractivity contribution in [2.45, 2.75) is 0 Å². The summed E-state index contributed by atoms with van der Waals surface area (Å²) in [5.41, 5.74) is 2.26. The molecular formula is C11H15N3S. The van der Waals surface area contributed by atoms with Crippen LogP contribution in [0.3, 0.4) is 0 Å². The van der Waals surface area contributed by atoms with Gasteiger partial charge in [-0.3, -0.25) is 3.97 Å². The Bertz CT molecular complexity index is 436. The van der Waals surface area contributed by atoms with Gasteiger partial charge in [0.05, 0.1) is 11.0 Å².